The molecular weight excluding hydrogens is 176 g/mol. The number of aliphatic hydroxyl groups excluding tert-OH is 1. The summed E-state index contributed by atoms with van der Waals surface area (Å²) in [6.45, 7) is 4.58. The Morgan fingerprint density at radius 3 is 1.93 bits per heavy atom. The third kappa shape index (κ3) is 11.9. The van der Waals surface area contributed by atoms with Crippen LogP contribution in [0.4, 0.5) is 0 Å². The van der Waals surface area contributed by atoms with Crippen molar-refractivity contribution in [2.24, 2.45) is 0 Å². The zero-order valence-corrected chi connectivity index (χ0v) is 9.63. The van der Waals surface area contributed by atoms with Crippen LogP contribution in [0.3, 0.4) is 0 Å². The van der Waals surface area contributed by atoms with Gasteiger partial charge >= 0.3 is 0 Å². The second-order valence-electron chi connectivity index (χ2n) is 3.81. The van der Waals surface area contributed by atoms with Gasteiger partial charge in [-0.05, 0) is 19.3 Å². The summed E-state index contributed by atoms with van der Waals surface area (Å²) in [6.07, 6.45) is 10.1. The first-order valence-electron chi connectivity index (χ1n) is 6.10. The molecule has 0 aromatic heterocycles. The summed E-state index contributed by atoms with van der Waals surface area (Å²) in [7, 11) is 0. The lowest BCUT2D eigenvalue weighted by atomic mass is 10.1. The molecule has 0 aliphatic carbocycles. The molecule has 0 saturated carbocycles. The molecule has 0 spiro atoms. The molecule has 1 N–H and O–H groups in total. The van der Waals surface area contributed by atoms with Crippen molar-refractivity contribution in [3.8, 4) is 0 Å². The molecule has 0 amide bonds. The highest BCUT2D eigenvalue weighted by Gasteiger charge is 1.94. The van der Waals surface area contributed by atoms with Crippen molar-refractivity contribution in [3.63, 3.8) is 0 Å². The van der Waals surface area contributed by atoms with Gasteiger partial charge in [-0.1, -0.05) is 39.0 Å². The van der Waals surface area contributed by atoms with Gasteiger partial charge in [0.2, 0.25) is 0 Å². The molecule has 0 aromatic rings. The van der Waals surface area contributed by atoms with Gasteiger partial charge < -0.3 is 9.84 Å². The number of unbranched alkanes of at least 4 members (excludes halogenated alkanes) is 5. The Bertz CT molecular complexity index is 76.7. The van der Waals surface area contributed by atoms with Gasteiger partial charge in [0, 0.05) is 19.8 Å². The van der Waals surface area contributed by atoms with Crippen molar-refractivity contribution in [2.75, 3.05) is 19.8 Å². The molecule has 0 atom stereocenters. The topological polar surface area (TPSA) is 29.5 Å². The summed E-state index contributed by atoms with van der Waals surface area (Å²) in [5.41, 5.74) is 0. The molecule has 0 bridgehead atoms. The third-order valence-electron chi connectivity index (χ3n) is 2.34. The average molecular weight is 202 g/mol. The number of rotatable bonds is 6. The van der Waals surface area contributed by atoms with E-state index in [9.17, 15) is 0 Å². The molecule has 14 heavy (non-hydrogen) atoms. The average Bonchev–Trinajstić information content (AvgIpc) is 2.76. The summed E-state index contributed by atoms with van der Waals surface area (Å²) in [5, 5.41) is 8.42. The van der Waals surface area contributed by atoms with Crippen LogP contribution in [0.5, 0.6) is 0 Å². The van der Waals surface area contributed by atoms with Crippen LogP contribution in [0.25, 0.3) is 0 Å². The van der Waals surface area contributed by atoms with Gasteiger partial charge in [0.25, 0.3) is 0 Å². The van der Waals surface area contributed by atoms with Gasteiger partial charge in [-0.3, -0.25) is 0 Å². The molecule has 0 radical (unpaired) electrons. The van der Waals surface area contributed by atoms with Crippen LogP contribution in [-0.4, -0.2) is 24.9 Å². The highest BCUT2D eigenvalue weighted by molar-refractivity contribution is 4.43. The predicted molar refractivity (Wildman–Crippen MR) is 60.5 cm³/mol. The van der Waals surface area contributed by atoms with Crippen LogP contribution >= 0.6 is 0 Å². The Kier molecular flexibility index (Phi) is 12.8. The van der Waals surface area contributed by atoms with E-state index in [4.69, 9.17) is 9.84 Å². The van der Waals surface area contributed by atoms with E-state index in [0.717, 1.165) is 19.6 Å². The normalized spacial score (nSPS) is 15.0. The fraction of sp³-hybridized carbons (Fsp3) is 1.00. The minimum absolute atomic E-state index is 0.367. The van der Waals surface area contributed by atoms with Crippen molar-refractivity contribution in [1.82, 2.24) is 0 Å². The Morgan fingerprint density at radius 1 is 0.929 bits per heavy atom. The third-order valence-corrected chi connectivity index (χ3v) is 2.34. The maximum Gasteiger partial charge on any atom is 0.0466 e. The largest absolute Gasteiger partial charge is 0.396 e. The molecule has 2 heteroatoms. The van der Waals surface area contributed by atoms with Crippen molar-refractivity contribution in [2.45, 2.75) is 58.3 Å². The summed E-state index contributed by atoms with van der Waals surface area (Å²) >= 11 is 0. The standard InChI is InChI=1S/C8H18O.C4H8O/c1-2-3-4-5-6-7-8-9;1-2-4-5-3-1/h9H,2-8H2,1H3;1-4H2. The van der Waals surface area contributed by atoms with Crippen molar-refractivity contribution >= 4 is 0 Å². The summed E-state index contributed by atoms with van der Waals surface area (Å²) < 4.78 is 4.94. The first-order chi connectivity index (χ1) is 6.91. The second kappa shape index (κ2) is 12.9. The molecule has 0 aromatic carbocycles. The lowest BCUT2D eigenvalue weighted by Gasteiger charge is -1.95. The van der Waals surface area contributed by atoms with E-state index in [1.807, 2.05) is 0 Å². The van der Waals surface area contributed by atoms with E-state index in [-0.39, 0.29) is 0 Å². The summed E-state index contributed by atoms with van der Waals surface area (Å²) in [6, 6.07) is 0. The maximum absolute atomic E-state index is 8.42. The minimum Gasteiger partial charge on any atom is -0.396 e. The molecule has 1 aliphatic rings. The van der Waals surface area contributed by atoms with E-state index >= 15 is 0 Å². The van der Waals surface area contributed by atoms with Gasteiger partial charge in [-0.15, -0.1) is 0 Å². The van der Waals surface area contributed by atoms with Crippen molar-refractivity contribution < 1.29 is 9.84 Å². The molecule has 1 saturated heterocycles. The summed E-state index contributed by atoms with van der Waals surface area (Å²) in [4.78, 5) is 0. The SMILES string of the molecule is C1CCOC1.CCCCCCCCO. The van der Waals surface area contributed by atoms with Gasteiger partial charge in [-0.25, -0.2) is 0 Å². The number of aliphatic hydroxyl groups is 1. The number of hydrogen-bond acceptors (Lipinski definition) is 2. The monoisotopic (exact) mass is 202 g/mol. The Morgan fingerprint density at radius 2 is 1.50 bits per heavy atom. The highest BCUT2D eigenvalue weighted by atomic mass is 16.5. The highest BCUT2D eigenvalue weighted by Crippen LogP contribution is 2.03. The van der Waals surface area contributed by atoms with E-state index in [2.05, 4.69) is 6.92 Å². The van der Waals surface area contributed by atoms with E-state index in [1.165, 1.54) is 44.9 Å². The predicted octanol–water partition coefficient (Wildman–Crippen LogP) is 3.14. The van der Waals surface area contributed by atoms with Gasteiger partial charge in [-0.2, -0.15) is 0 Å². The lowest BCUT2D eigenvalue weighted by molar-refractivity contribution is 0.198. The zero-order valence-electron chi connectivity index (χ0n) is 9.63. The number of hydrogen-bond donors (Lipinski definition) is 1. The minimum atomic E-state index is 0.367. The molecule has 2 nitrogen and oxygen atoms in total. The molecular formula is C12H26O2. The first-order valence-corrected chi connectivity index (χ1v) is 6.10. The second-order valence-corrected chi connectivity index (χ2v) is 3.81. The van der Waals surface area contributed by atoms with Crippen LogP contribution in [-0.2, 0) is 4.74 Å². The van der Waals surface area contributed by atoms with Crippen LogP contribution in [0, 0.1) is 0 Å². The molecule has 0 unspecified atom stereocenters. The molecule has 1 fully saturated rings. The smallest absolute Gasteiger partial charge is 0.0466 e. The quantitative estimate of drug-likeness (QED) is 0.670. The van der Waals surface area contributed by atoms with Gasteiger partial charge in [0.15, 0.2) is 0 Å². The molecule has 1 rings (SSSR count). The van der Waals surface area contributed by atoms with Crippen LogP contribution in [0.2, 0.25) is 0 Å². The van der Waals surface area contributed by atoms with Crippen LogP contribution in [0.1, 0.15) is 58.3 Å². The van der Waals surface area contributed by atoms with Crippen LogP contribution < -0.4 is 0 Å². The molecule has 86 valence electrons. The van der Waals surface area contributed by atoms with Crippen molar-refractivity contribution in [1.29, 1.82) is 0 Å². The van der Waals surface area contributed by atoms with Crippen LogP contribution in [0.15, 0.2) is 0 Å². The van der Waals surface area contributed by atoms with E-state index < -0.39 is 0 Å². The van der Waals surface area contributed by atoms with E-state index in [1.54, 1.807) is 0 Å². The maximum atomic E-state index is 8.42. The van der Waals surface area contributed by atoms with Crippen molar-refractivity contribution in [3.05, 3.63) is 0 Å². The van der Waals surface area contributed by atoms with Gasteiger partial charge in [0.1, 0.15) is 0 Å². The molecule has 1 heterocycles. The lowest BCUT2D eigenvalue weighted by Crippen LogP contribution is -1.82. The van der Waals surface area contributed by atoms with E-state index in [0.29, 0.717) is 6.61 Å². The first kappa shape index (κ1) is 13.9. The zero-order chi connectivity index (χ0) is 10.5. The molecule has 1 aliphatic heterocycles. The Balaban J connectivity index is 0.000000280. The Labute approximate surface area is 88.7 Å². The fourth-order valence-corrected chi connectivity index (χ4v) is 1.40. The summed E-state index contributed by atoms with van der Waals surface area (Å²) in [5.74, 6) is 0. The van der Waals surface area contributed by atoms with Gasteiger partial charge in [0.05, 0.1) is 0 Å². The Hall–Kier alpha value is -0.0800. The fourth-order valence-electron chi connectivity index (χ4n) is 1.40. The number of ether oxygens (including phenoxy) is 1.